The molecule has 1 heterocycles. The molecule has 0 aliphatic rings. The van der Waals surface area contributed by atoms with E-state index in [0.717, 1.165) is 24.2 Å². The smallest absolute Gasteiger partial charge is 0.230 e. The fourth-order valence-electron chi connectivity index (χ4n) is 2.85. The Labute approximate surface area is 160 Å². The molecule has 0 radical (unpaired) electrons. The van der Waals surface area contributed by atoms with E-state index in [2.05, 4.69) is 47.7 Å². The summed E-state index contributed by atoms with van der Waals surface area (Å²) in [5.74, 6) is 0.903. The van der Waals surface area contributed by atoms with E-state index in [1.165, 1.54) is 36.6 Å². The minimum Gasteiger partial charge on any atom is -0.355 e. The molecule has 1 N–H and O–H groups in total. The molecule has 2 rings (SSSR count). The topological polar surface area (TPSA) is 72.7 Å². The Balaban J connectivity index is 1.90. The van der Waals surface area contributed by atoms with Crippen LogP contribution < -0.4 is 5.32 Å². The van der Waals surface area contributed by atoms with Crippen molar-refractivity contribution in [1.29, 1.82) is 0 Å². The molecular formula is C19H29N5OS. The summed E-state index contributed by atoms with van der Waals surface area (Å²) >= 11 is 1.36. The molecular weight excluding hydrogens is 346 g/mol. The maximum atomic E-state index is 12.2. The molecule has 142 valence electrons. The third-order valence-electron chi connectivity index (χ3n) is 4.48. The van der Waals surface area contributed by atoms with Crippen LogP contribution in [0.3, 0.4) is 0 Å². The number of thioether (sulfide) groups is 1. The zero-order valence-corrected chi connectivity index (χ0v) is 17.0. The highest BCUT2D eigenvalue weighted by Gasteiger charge is 2.14. The largest absolute Gasteiger partial charge is 0.355 e. The van der Waals surface area contributed by atoms with Crippen molar-refractivity contribution in [3.63, 3.8) is 0 Å². The van der Waals surface area contributed by atoms with Crippen LogP contribution in [0.25, 0.3) is 5.69 Å². The molecule has 0 aliphatic carbocycles. The van der Waals surface area contributed by atoms with Gasteiger partial charge in [-0.3, -0.25) is 4.79 Å². The lowest BCUT2D eigenvalue weighted by Crippen LogP contribution is -2.30. The first-order chi connectivity index (χ1) is 12.5. The second-order valence-corrected chi connectivity index (χ2v) is 7.61. The van der Waals surface area contributed by atoms with Crippen LogP contribution in [-0.2, 0) is 4.79 Å². The van der Waals surface area contributed by atoms with E-state index in [0.29, 0.717) is 16.8 Å². The van der Waals surface area contributed by atoms with Gasteiger partial charge in [-0.05, 0) is 48.2 Å². The number of unbranched alkanes of at least 4 members (excludes halogenated alkanes) is 1. The zero-order valence-electron chi connectivity index (χ0n) is 16.2. The van der Waals surface area contributed by atoms with Crippen LogP contribution in [-0.4, -0.2) is 38.4 Å². The average molecular weight is 376 g/mol. The van der Waals surface area contributed by atoms with Gasteiger partial charge >= 0.3 is 0 Å². The Bertz CT molecular complexity index is 716. The second kappa shape index (κ2) is 10.3. The number of nitrogens with zero attached hydrogens (tertiary/aromatic N) is 4. The number of carbonyl (C=O) groups excluding carboxylic acids is 1. The number of rotatable bonds is 10. The van der Waals surface area contributed by atoms with Crippen LogP contribution in [0, 0.1) is 19.8 Å². The Morgan fingerprint density at radius 1 is 1.31 bits per heavy atom. The first-order valence-corrected chi connectivity index (χ1v) is 10.3. The number of amides is 1. The molecule has 0 saturated heterocycles. The lowest BCUT2D eigenvalue weighted by Gasteiger charge is -2.15. The average Bonchev–Trinajstić information content (AvgIpc) is 3.08. The molecule has 1 aromatic heterocycles. The summed E-state index contributed by atoms with van der Waals surface area (Å²) in [6.45, 7) is 9.21. The highest BCUT2D eigenvalue weighted by Crippen LogP contribution is 2.21. The maximum absolute atomic E-state index is 12.2. The maximum Gasteiger partial charge on any atom is 0.230 e. The van der Waals surface area contributed by atoms with Crippen molar-refractivity contribution in [3.8, 4) is 5.69 Å². The molecule has 0 saturated carbocycles. The van der Waals surface area contributed by atoms with E-state index in [1.807, 2.05) is 19.1 Å². The van der Waals surface area contributed by atoms with Gasteiger partial charge in [-0.25, -0.2) is 0 Å². The van der Waals surface area contributed by atoms with Crippen LogP contribution in [0.15, 0.2) is 23.4 Å². The van der Waals surface area contributed by atoms with Crippen molar-refractivity contribution >= 4 is 17.7 Å². The van der Waals surface area contributed by atoms with E-state index in [1.54, 1.807) is 4.68 Å². The standard InChI is InChI=1S/C19H29N5OS/c1-5-7-8-16(6-2)12-20-18(25)13-26-19-21-22-23-24(19)17-10-9-14(3)11-15(17)4/h9-11,16H,5-8,12-13H2,1-4H3,(H,20,25)/t16-/m1/s1. The van der Waals surface area contributed by atoms with Crippen LogP contribution >= 0.6 is 11.8 Å². The Morgan fingerprint density at radius 3 is 2.81 bits per heavy atom. The first-order valence-electron chi connectivity index (χ1n) is 9.30. The molecule has 1 amide bonds. The van der Waals surface area contributed by atoms with Gasteiger partial charge in [0.25, 0.3) is 0 Å². The number of hydrogen-bond acceptors (Lipinski definition) is 5. The number of nitrogens with one attached hydrogen (secondary N) is 1. The lowest BCUT2D eigenvalue weighted by atomic mass is 9.99. The quantitative estimate of drug-likeness (QED) is 0.641. The molecule has 26 heavy (non-hydrogen) atoms. The molecule has 7 heteroatoms. The van der Waals surface area contributed by atoms with E-state index >= 15 is 0 Å². The normalized spacial score (nSPS) is 12.2. The summed E-state index contributed by atoms with van der Waals surface area (Å²) in [7, 11) is 0. The van der Waals surface area contributed by atoms with Gasteiger partial charge in [0.1, 0.15) is 0 Å². The van der Waals surface area contributed by atoms with Crippen molar-refractivity contribution in [2.24, 2.45) is 5.92 Å². The van der Waals surface area contributed by atoms with Crippen molar-refractivity contribution in [3.05, 3.63) is 29.3 Å². The molecule has 2 aromatic rings. The van der Waals surface area contributed by atoms with Crippen molar-refractivity contribution in [2.45, 2.75) is 58.5 Å². The summed E-state index contributed by atoms with van der Waals surface area (Å²) < 4.78 is 1.70. The number of tetrazole rings is 1. The Hall–Kier alpha value is -1.89. The van der Waals surface area contributed by atoms with Gasteiger partial charge in [-0.1, -0.05) is 62.6 Å². The molecule has 0 unspecified atom stereocenters. The van der Waals surface area contributed by atoms with Gasteiger partial charge in [0.05, 0.1) is 11.4 Å². The zero-order chi connectivity index (χ0) is 18.9. The molecule has 0 fully saturated rings. The van der Waals surface area contributed by atoms with Crippen LogP contribution in [0.5, 0.6) is 0 Å². The Kier molecular flexibility index (Phi) is 8.09. The van der Waals surface area contributed by atoms with Gasteiger partial charge in [0.15, 0.2) is 0 Å². The van der Waals surface area contributed by atoms with E-state index in [4.69, 9.17) is 0 Å². The molecule has 0 bridgehead atoms. The Morgan fingerprint density at radius 2 is 2.12 bits per heavy atom. The number of benzene rings is 1. The van der Waals surface area contributed by atoms with Crippen LogP contribution in [0.4, 0.5) is 0 Å². The molecule has 1 atom stereocenters. The van der Waals surface area contributed by atoms with Crippen LogP contribution in [0.1, 0.15) is 50.7 Å². The summed E-state index contributed by atoms with van der Waals surface area (Å²) in [5.41, 5.74) is 3.24. The van der Waals surface area contributed by atoms with Crippen LogP contribution in [0.2, 0.25) is 0 Å². The van der Waals surface area contributed by atoms with Gasteiger partial charge in [0, 0.05) is 6.54 Å². The van der Waals surface area contributed by atoms with Gasteiger partial charge in [0.2, 0.25) is 11.1 Å². The first kappa shape index (κ1) is 20.4. The monoisotopic (exact) mass is 375 g/mol. The fraction of sp³-hybridized carbons (Fsp3) is 0.579. The van der Waals surface area contributed by atoms with Gasteiger partial charge in [-0.15, -0.1) is 5.10 Å². The van der Waals surface area contributed by atoms with Gasteiger partial charge in [-0.2, -0.15) is 4.68 Å². The minimum atomic E-state index is 0.0279. The molecule has 0 spiro atoms. The van der Waals surface area contributed by atoms with E-state index in [9.17, 15) is 4.79 Å². The van der Waals surface area contributed by atoms with Crippen molar-refractivity contribution < 1.29 is 4.79 Å². The third kappa shape index (κ3) is 5.83. The molecule has 6 nitrogen and oxygen atoms in total. The SMILES string of the molecule is CCCC[C@@H](CC)CNC(=O)CSc1nnnn1-c1ccc(C)cc1C. The minimum absolute atomic E-state index is 0.0279. The van der Waals surface area contributed by atoms with Crippen molar-refractivity contribution in [1.82, 2.24) is 25.5 Å². The molecule has 0 aliphatic heterocycles. The lowest BCUT2D eigenvalue weighted by molar-refractivity contribution is -0.118. The predicted molar refractivity (Wildman–Crippen MR) is 106 cm³/mol. The predicted octanol–water partition coefficient (Wildman–Crippen LogP) is 3.70. The number of hydrogen-bond donors (Lipinski definition) is 1. The number of carbonyl (C=O) groups is 1. The number of aromatic nitrogens is 4. The summed E-state index contributed by atoms with van der Waals surface area (Å²) in [4.78, 5) is 12.2. The third-order valence-corrected chi connectivity index (χ3v) is 5.40. The van der Waals surface area contributed by atoms with E-state index < -0.39 is 0 Å². The summed E-state index contributed by atoms with van der Waals surface area (Å²) in [6.07, 6.45) is 4.68. The highest BCUT2D eigenvalue weighted by atomic mass is 32.2. The number of aryl methyl sites for hydroxylation is 2. The molecule has 1 aromatic carbocycles. The fourth-order valence-corrected chi connectivity index (χ4v) is 3.56. The van der Waals surface area contributed by atoms with Crippen molar-refractivity contribution in [2.75, 3.05) is 12.3 Å². The highest BCUT2D eigenvalue weighted by molar-refractivity contribution is 7.99. The van der Waals surface area contributed by atoms with E-state index in [-0.39, 0.29) is 5.91 Å². The summed E-state index contributed by atoms with van der Waals surface area (Å²) in [6, 6.07) is 6.14. The summed E-state index contributed by atoms with van der Waals surface area (Å²) in [5, 5.41) is 15.6. The second-order valence-electron chi connectivity index (χ2n) is 6.67. The van der Waals surface area contributed by atoms with Gasteiger partial charge < -0.3 is 5.32 Å².